The molecule has 0 amide bonds. The first kappa shape index (κ1) is 11.4. The minimum absolute atomic E-state index is 0.0553. The first-order valence-corrected chi connectivity index (χ1v) is 6.58. The van der Waals surface area contributed by atoms with Crippen LogP contribution >= 0.6 is 11.8 Å². The average molecular weight is 202 g/mol. The monoisotopic (exact) mass is 202 g/mol. The van der Waals surface area contributed by atoms with Gasteiger partial charge in [-0.15, -0.1) is 0 Å². The van der Waals surface area contributed by atoms with E-state index in [0.717, 1.165) is 6.42 Å². The Morgan fingerprint density at radius 2 is 2.23 bits per heavy atom. The number of aliphatic hydroxyl groups is 1. The molecule has 0 bridgehead atoms. The van der Waals surface area contributed by atoms with Gasteiger partial charge in [0, 0.05) is 5.25 Å². The molecule has 1 N–H and O–H groups in total. The fraction of sp³-hybridized carbons (Fsp3) is 1.00. The van der Waals surface area contributed by atoms with Gasteiger partial charge in [0.15, 0.2) is 0 Å². The Morgan fingerprint density at radius 1 is 1.46 bits per heavy atom. The van der Waals surface area contributed by atoms with Gasteiger partial charge in [-0.1, -0.05) is 26.7 Å². The van der Waals surface area contributed by atoms with Gasteiger partial charge in [0.25, 0.3) is 0 Å². The van der Waals surface area contributed by atoms with Crippen LogP contribution in [-0.2, 0) is 0 Å². The Kier molecular flexibility index (Phi) is 5.18. The second-order valence-electron chi connectivity index (χ2n) is 4.22. The maximum atomic E-state index is 9.95. The summed E-state index contributed by atoms with van der Waals surface area (Å²) in [6.07, 6.45) is 6.01. The van der Waals surface area contributed by atoms with Gasteiger partial charge in [-0.3, -0.25) is 0 Å². The van der Waals surface area contributed by atoms with Gasteiger partial charge in [0.1, 0.15) is 0 Å². The Morgan fingerprint density at radius 3 is 2.77 bits per heavy atom. The van der Waals surface area contributed by atoms with Gasteiger partial charge in [-0.05, 0) is 30.9 Å². The van der Waals surface area contributed by atoms with Crippen molar-refractivity contribution in [1.82, 2.24) is 0 Å². The van der Waals surface area contributed by atoms with Crippen molar-refractivity contribution in [3.05, 3.63) is 0 Å². The highest BCUT2D eigenvalue weighted by Gasteiger charge is 2.23. The van der Waals surface area contributed by atoms with Crippen LogP contribution in [0.25, 0.3) is 0 Å². The van der Waals surface area contributed by atoms with E-state index in [1.165, 1.54) is 31.4 Å². The van der Waals surface area contributed by atoms with Crippen LogP contribution in [0.2, 0.25) is 0 Å². The van der Waals surface area contributed by atoms with Crippen LogP contribution < -0.4 is 0 Å². The van der Waals surface area contributed by atoms with E-state index >= 15 is 0 Å². The van der Waals surface area contributed by atoms with Crippen LogP contribution in [0.1, 0.15) is 46.0 Å². The predicted octanol–water partition coefficient (Wildman–Crippen LogP) is 3.07. The van der Waals surface area contributed by atoms with Gasteiger partial charge in [-0.25, -0.2) is 0 Å². The topological polar surface area (TPSA) is 20.2 Å². The molecule has 0 spiro atoms. The Bertz CT molecular complexity index is 132. The molecule has 0 aliphatic carbocycles. The Hall–Kier alpha value is 0.310. The highest BCUT2D eigenvalue weighted by atomic mass is 32.2. The van der Waals surface area contributed by atoms with Crippen molar-refractivity contribution >= 4 is 11.8 Å². The zero-order chi connectivity index (χ0) is 9.68. The Balaban J connectivity index is 2.24. The average Bonchev–Trinajstić information content (AvgIpc) is 2.19. The maximum absolute atomic E-state index is 9.95. The minimum atomic E-state index is -0.0553. The van der Waals surface area contributed by atoms with E-state index in [1.807, 2.05) is 11.8 Å². The van der Waals surface area contributed by atoms with Crippen LogP contribution in [-0.4, -0.2) is 22.2 Å². The van der Waals surface area contributed by atoms with Crippen LogP contribution in [0, 0.1) is 5.92 Å². The van der Waals surface area contributed by atoms with Crippen molar-refractivity contribution in [3.63, 3.8) is 0 Å². The van der Waals surface area contributed by atoms with Crippen LogP contribution in [0.4, 0.5) is 0 Å². The number of hydrogen-bond acceptors (Lipinski definition) is 2. The quantitative estimate of drug-likeness (QED) is 0.756. The van der Waals surface area contributed by atoms with Gasteiger partial charge in [-0.2, -0.15) is 11.8 Å². The minimum Gasteiger partial charge on any atom is -0.392 e. The zero-order valence-corrected chi connectivity index (χ0v) is 9.65. The summed E-state index contributed by atoms with van der Waals surface area (Å²) < 4.78 is 0. The van der Waals surface area contributed by atoms with E-state index in [4.69, 9.17) is 0 Å². The van der Waals surface area contributed by atoms with E-state index in [9.17, 15) is 5.11 Å². The van der Waals surface area contributed by atoms with Gasteiger partial charge >= 0.3 is 0 Å². The van der Waals surface area contributed by atoms with Crippen LogP contribution in [0.15, 0.2) is 0 Å². The molecule has 0 aromatic carbocycles. The second-order valence-corrected chi connectivity index (χ2v) is 5.57. The molecule has 1 aliphatic rings. The largest absolute Gasteiger partial charge is 0.392 e. The first-order valence-electron chi connectivity index (χ1n) is 5.53. The molecule has 13 heavy (non-hydrogen) atoms. The van der Waals surface area contributed by atoms with Gasteiger partial charge in [0.2, 0.25) is 0 Å². The summed E-state index contributed by atoms with van der Waals surface area (Å²) in [5.41, 5.74) is 0. The third-order valence-electron chi connectivity index (χ3n) is 2.98. The van der Waals surface area contributed by atoms with Crippen molar-refractivity contribution in [3.8, 4) is 0 Å². The second kappa shape index (κ2) is 5.92. The lowest BCUT2D eigenvalue weighted by atomic mass is 9.97. The molecule has 1 aliphatic heterocycles. The standard InChI is InChI=1S/C11H22OS/c1-3-9(2)8-10(12)11-6-4-5-7-13-11/h9-12H,3-8H2,1-2H3. The number of thioether (sulfide) groups is 1. The molecule has 1 saturated heterocycles. The fourth-order valence-electron chi connectivity index (χ4n) is 1.80. The fourth-order valence-corrected chi connectivity index (χ4v) is 3.14. The molecule has 3 atom stereocenters. The molecule has 1 heterocycles. The first-order chi connectivity index (χ1) is 6.24. The van der Waals surface area contributed by atoms with Crippen LogP contribution in [0.3, 0.4) is 0 Å². The lowest BCUT2D eigenvalue weighted by molar-refractivity contribution is 0.137. The third-order valence-corrected chi connectivity index (χ3v) is 4.49. The van der Waals surface area contributed by atoms with E-state index in [1.54, 1.807) is 0 Å². The summed E-state index contributed by atoms with van der Waals surface area (Å²) in [6.45, 7) is 4.43. The SMILES string of the molecule is CCC(C)CC(O)C1CCCCS1. The molecule has 1 rings (SSSR count). The molecule has 0 saturated carbocycles. The van der Waals surface area contributed by atoms with Crippen molar-refractivity contribution in [2.75, 3.05) is 5.75 Å². The Labute approximate surface area is 86.3 Å². The van der Waals surface area contributed by atoms with E-state index in [2.05, 4.69) is 13.8 Å². The molecule has 1 fully saturated rings. The molecular formula is C11H22OS. The van der Waals surface area contributed by atoms with Crippen molar-refractivity contribution in [2.45, 2.75) is 57.3 Å². The van der Waals surface area contributed by atoms with Crippen molar-refractivity contribution in [2.24, 2.45) is 5.92 Å². The summed E-state index contributed by atoms with van der Waals surface area (Å²) >= 11 is 1.97. The molecule has 0 radical (unpaired) electrons. The number of hydrogen-bond donors (Lipinski definition) is 1. The zero-order valence-electron chi connectivity index (χ0n) is 8.83. The molecule has 78 valence electrons. The lowest BCUT2D eigenvalue weighted by Crippen LogP contribution is -2.27. The lowest BCUT2D eigenvalue weighted by Gasteiger charge is -2.27. The van der Waals surface area contributed by atoms with E-state index in [0.29, 0.717) is 11.2 Å². The van der Waals surface area contributed by atoms with E-state index < -0.39 is 0 Å². The summed E-state index contributed by atoms with van der Waals surface area (Å²) in [6, 6.07) is 0. The van der Waals surface area contributed by atoms with Gasteiger partial charge in [0.05, 0.1) is 6.10 Å². The summed E-state index contributed by atoms with van der Waals surface area (Å²) in [5.74, 6) is 1.93. The predicted molar refractivity (Wildman–Crippen MR) is 60.2 cm³/mol. The third kappa shape index (κ3) is 3.90. The molecular weight excluding hydrogens is 180 g/mol. The molecule has 0 aromatic rings. The highest BCUT2D eigenvalue weighted by molar-refractivity contribution is 8.00. The van der Waals surface area contributed by atoms with Gasteiger partial charge < -0.3 is 5.11 Å². The molecule has 3 unspecified atom stereocenters. The summed E-state index contributed by atoms with van der Waals surface area (Å²) in [7, 11) is 0. The molecule has 0 aromatic heterocycles. The maximum Gasteiger partial charge on any atom is 0.0661 e. The van der Waals surface area contributed by atoms with Crippen molar-refractivity contribution in [1.29, 1.82) is 0 Å². The van der Waals surface area contributed by atoms with Crippen LogP contribution in [0.5, 0.6) is 0 Å². The van der Waals surface area contributed by atoms with E-state index in [-0.39, 0.29) is 6.10 Å². The normalized spacial score (nSPS) is 28.4. The highest BCUT2D eigenvalue weighted by Crippen LogP contribution is 2.30. The molecule has 1 nitrogen and oxygen atoms in total. The number of rotatable bonds is 4. The number of aliphatic hydroxyl groups excluding tert-OH is 1. The molecule has 2 heteroatoms. The van der Waals surface area contributed by atoms with Crippen molar-refractivity contribution < 1.29 is 5.11 Å². The summed E-state index contributed by atoms with van der Waals surface area (Å²) in [5, 5.41) is 10.5. The smallest absolute Gasteiger partial charge is 0.0661 e. The summed E-state index contributed by atoms with van der Waals surface area (Å²) in [4.78, 5) is 0.